The fourth-order valence-corrected chi connectivity index (χ4v) is 7.95. The first-order valence-corrected chi connectivity index (χ1v) is 15.7. The fraction of sp³-hybridized carbons (Fsp3) is 0.481. The van der Waals surface area contributed by atoms with Crippen molar-refractivity contribution in [3.63, 3.8) is 0 Å². The fourth-order valence-electron chi connectivity index (χ4n) is 5.34. The van der Waals surface area contributed by atoms with Crippen molar-refractivity contribution in [2.45, 2.75) is 50.7 Å². The Bertz CT molecular complexity index is 1410. The second kappa shape index (κ2) is 11.1. The van der Waals surface area contributed by atoms with Gasteiger partial charge in [-0.2, -0.15) is 0 Å². The molecule has 2 aromatic heterocycles. The molecule has 1 aromatic carbocycles. The highest BCUT2D eigenvalue weighted by molar-refractivity contribution is 7.91. The van der Waals surface area contributed by atoms with Crippen molar-refractivity contribution >= 4 is 43.3 Å². The number of amides is 2. The summed E-state index contributed by atoms with van der Waals surface area (Å²) in [5.74, 6) is -0.597. The summed E-state index contributed by atoms with van der Waals surface area (Å²) in [6.45, 7) is 2.30. The Morgan fingerprint density at radius 2 is 1.84 bits per heavy atom. The lowest BCUT2D eigenvalue weighted by Gasteiger charge is -2.35. The van der Waals surface area contributed by atoms with E-state index >= 15 is 0 Å². The van der Waals surface area contributed by atoms with Crippen LogP contribution in [0.2, 0.25) is 0 Å². The van der Waals surface area contributed by atoms with E-state index in [0.717, 1.165) is 39.3 Å². The van der Waals surface area contributed by atoms with E-state index in [-0.39, 0.29) is 35.3 Å². The minimum atomic E-state index is -3.10. The molecule has 11 heteroatoms. The van der Waals surface area contributed by atoms with Crippen molar-refractivity contribution in [1.29, 1.82) is 0 Å². The van der Waals surface area contributed by atoms with Crippen LogP contribution in [0, 0.1) is 5.92 Å². The molecule has 2 amide bonds. The summed E-state index contributed by atoms with van der Waals surface area (Å²) in [5, 5.41) is 6.70. The third-order valence-electron chi connectivity index (χ3n) is 7.68. The molecule has 3 aromatic rings. The number of aromatic nitrogens is 2. The summed E-state index contributed by atoms with van der Waals surface area (Å²) >= 11 is 1.50. The van der Waals surface area contributed by atoms with E-state index in [0.29, 0.717) is 19.4 Å². The van der Waals surface area contributed by atoms with Crippen LogP contribution in [0.4, 0.5) is 0 Å². The normalized spacial score (nSPS) is 21.3. The maximum Gasteiger partial charge on any atom is 0.246 e. The Kier molecular flexibility index (Phi) is 7.78. The van der Waals surface area contributed by atoms with Gasteiger partial charge >= 0.3 is 0 Å². The molecule has 4 heterocycles. The van der Waals surface area contributed by atoms with E-state index in [4.69, 9.17) is 4.98 Å². The number of carbonyl (C=O) groups excluding carboxylic acids is 2. The summed E-state index contributed by atoms with van der Waals surface area (Å²) < 4.78 is 24.1. The summed E-state index contributed by atoms with van der Waals surface area (Å²) in [5.41, 5.74) is 2.89. The number of nitrogens with zero attached hydrogens (tertiary/aromatic N) is 3. The molecule has 0 saturated carbocycles. The quantitative estimate of drug-likeness (QED) is 0.460. The Hall–Kier alpha value is -2.89. The summed E-state index contributed by atoms with van der Waals surface area (Å²) in [7, 11) is -1.41. The van der Waals surface area contributed by atoms with E-state index in [1.165, 1.54) is 11.3 Å². The number of rotatable bonds is 7. The van der Waals surface area contributed by atoms with Crippen molar-refractivity contribution < 1.29 is 18.0 Å². The van der Waals surface area contributed by atoms with Crippen molar-refractivity contribution in [3.05, 3.63) is 47.6 Å². The minimum absolute atomic E-state index is 0.0358. The molecule has 2 aliphatic heterocycles. The lowest BCUT2D eigenvalue weighted by atomic mass is 9.92. The van der Waals surface area contributed by atoms with E-state index in [9.17, 15) is 18.0 Å². The van der Waals surface area contributed by atoms with Gasteiger partial charge < -0.3 is 15.5 Å². The maximum atomic E-state index is 14.0. The van der Waals surface area contributed by atoms with Gasteiger partial charge in [0, 0.05) is 18.3 Å². The lowest BCUT2D eigenvalue weighted by Crippen LogP contribution is -2.56. The Balaban J connectivity index is 1.44. The molecule has 2 saturated heterocycles. The highest BCUT2D eigenvalue weighted by atomic mass is 32.2. The minimum Gasteiger partial charge on any atom is -0.343 e. The number of likely N-dealkylation sites (N-methyl/N-ethyl adjacent to an activating group) is 1. The molecule has 0 unspecified atom stereocenters. The van der Waals surface area contributed by atoms with Gasteiger partial charge in [-0.15, -0.1) is 0 Å². The van der Waals surface area contributed by atoms with Gasteiger partial charge in [-0.3, -0.25) is 9.59 Å². The number of sulfone groups is 1. The van der Waals surface area contributed by atoms with Crippen molar-refractivity contribution in [2.24, 2.45) is 5.92 Å². The molecule has 3 atom stereocenters. The predicted molar refractivity (Wildman–Crippen MR) is 148 cm³/mol. The number of hydrogen-bond donors (Lipinski definition) is 2. The van der Waals surface area contributed by atoms with Crippen LogP contribution in [0.5, 0.6) is 0 Å². The number of benzene rings is 1. The van der Waals surface area contributed by atoms with Gasteiger partial charge in [0.25, 0.3) is 0 Å². The first kappa shape index (κ1) is 26.7. The van der Waals surface area contributed by atoms with Gasteiger partial charge in [-0.1, -0.05) is 41.7 Å². The van der Waals surface area contributed by atoms with Crippen LogP contribution in [-0.4, -0.2) is 72.3 Å². The van der Waals surface area contributed by atoms with Crippen LogP contribution in [0.3, 0.4) is 0 Å². The van der Waals surface area contributed by atoms with Gasteiger partial charge in [-0.25, -0.2) is 18.4 Å². The molecule has 9 nitrogen and oxygen atoms in total. The van der Waals surface area contributed by atoms with Gasteiger partial charge in [0.2, 0.25) is 11.8 Å². The number of thiazole rings is 1. The number of nitrogens with one attached hydrogen (secondary N) is 2. The topological polar surface area (TPSA) is 121 Å². The maximum absolute atomic E-state index is 14.0. The zero-order chi connectivity index (χ0) is 26.9. The van der Waals surface area contributed by atoms with Gasteiger partial charge in [-0.05, 0) is 57.2 Å². The summed E-state index contributed by atoms with van der Waals surface area (Å²) in [6, 6.07) is 10.6. The molecule has 0 radical (unpaired) electrons. The largest absolute Gasteiger partial charge is 0.343 e. The molecule has 0 aliphatic carbocycles. The third kappa shape index (κ3) is 5.45. The molecule has 38 heavy (non-hydrogen) atoms. The van der Waals surface area contributed by atoms with Crippen molar-refractivity contribution in [3.8, 4) is 11.1 Å². The average molecular weight is 556 g/mol. The Labute approximate surface area is 227 Å². The molecule has 0 bridgehead atoms. The highest BCUT2D eigenvalue weighted by Crippen LogP contribution is 2.39. The number of pyridine rings is 1. The van der Waals surface area contributed by atoms with E-state index in [1.54, 1.807) is 20.2 Å². The molecule has 2 aliphatic rings. The monoisotopic (exact) mass is 555 g/mol. The van der Waals surface area contributed by atoms with Gasteiger partial charge in [0.15, 0.2) is 0 Å². The Morgan fingerprint density at radius 1 is 1.11 bits per heavy atom. The highest BCUT2D eigenvalue weighted by Gasteiger charge is 2.41. The molecular weight excluding hydrogens is 522 g/mol. The molecule has 202 valence electrons. The number of hydrogen-bond acceptors (Lipinski definition) is 8. The zero-order valence-electron chi connectivity index (χ0n) is 21.6. The number of likely N-dealkylation sites (tertiary alicyclic amines) is 1. The first-order valence-electron chi connectivity index (χ1n) is 13.1. The predicted octanol–water partition coefficient (Wildman–Crippen LogP) is 2.94. The number of carbonyl (C=O) groups is 2. The molecule has 2 fully saturated rings. The Morgan fingerprint density at radius 3 is 2.55 bits per heavy atom. The second-order valence-corrected chi connectivity index (χ2v) is 13.4. The SMILES string of the molecule is CN[C@@H](C)C(=O)N[C@H](C(=O)N1CCC[C@H]1c1nc2c(-c3ccccc3)ccnc2s1)C1CCS(=O)(=O)CC1. The van der Waals surface area contributed by atoms with E-state index in [1.807, 2.05) is 41.3 Å². The van der Waals surface area contributed by atoms with E-state index < -0.39 is 21.9 Å². The van der Waals surface area contributed by atoms with Crippen LogP contribution in [0.1, 0.15) is 43.7 Å². The molecular formula is C27H33N5O4S2. The van der Waals surface area contributed by atoms with Crippen LogP contribution in [-0.2, 0) is 19.4 Å². The summed E-state index contributed by atoms with van der Waals surface area (Å²) in [4.78, 5) is 39.1. The molecule has 5 rings (SSSR count). The number of fused-ring (bicyclic) bond motifs is 1. The average Bonchev–Trinajstić information content (AvgIpc) is 3.58. The smallest absolute Gasteiger partial charge is 0.246 e. The van der Waals surface area contributed by atoms with Crippen LogP contribution in [0.15, 0.2) is 42.6 Å². The second-order valence-electron chi connectivity index (χ2n) is 10.1. The lowest BCUT2D eigenvalue weighted by molar-refractivity contribution is -0.139. The van der Waals surface area contributed by atoms with Crippen molar-refractivity contribution in [1.82, 2.24) is 25.5 Å². The third-order valence-corrected chi connectivity index (χ3v) is 10.5. The summed E-state index contributed by atoms with van der Waals surface area (Å²) in [6.07, 6.45) is 4.11. The first-order chi connectivity index (χ1) is 18.3. The van der Waals surface area contributed by atoms with Crippen LogP contribution < -0.4 is 10.6 Å². The molecule has 2 N–H and O–H groups in total. The van der Waals surface area contributed by atoms with Crippen LogP contribution in [0.25, 0.3) is 21.5 Å². The molecule has 0 spiro atoms. The van der Waals surface area contributed by atoms with E-state index in [2.05, 4.69) is 15.6 Å². The van der Waals surface area contributed by atoms with Gasteiger partial charge in [0.05, 0.1) is 23.6 Å². The van der Waals surface area contributed by atoms with Crippen molar-refractivity contribution in [2.75, 3.05) is 25.1 Å². The zero-order valence-corrected chi connectivity index (χ0v) is 23.2. The van der Waals surface area contributed by atoms with Gasteiger partial charge in [0.1, 0.15) is 31.2 Å². The standard InChI is InChI=1S/C27H33N5O4S2/c1-17(28-2)24(33)30-22(19-11-15-38(35,36)16-12-19)27(34)32-14-6-9-21(32)25-31-23-20(10-13-29-26(23)37-25)18-7-4-3-5-8-18/h3-5,7-8,10,13,17,19,21-22,28H,6,9,11-12,14-16H2,1-2H3,(H,30,33)/t17-,21-,22-/m0/s1. The van der Waals surface area contributed by atoms with Crippen LogP contribution >= 0.6 is 11.3 Å².